The van der Waals surface area contributed by atoms with Crippen LogP contribution in [0, 0.1) is 6.92 Å². The Balaban J connectivity index is 2.35. The molecule has 6 nitrogen and oxygen atoms in total. The van der Waals surface area contributed by atoms with E-state index >= 15 is 0 Å². The number of ether oxygens (including phenoxy) is 1. The van der Waals surface area contributed by atoms with Crippen molar-refractivity contribution in [1.82, 2.24) is 4.90 Å². The van der Waals surface area contributed by atoms with Gasteiger partial charge < -0.3 is 15.0 Å². The Morgan fingerprint density at radius 2 is 1.82 bits per heavy atom. The van der Waals surface area contributed by atoms with Crippen molar-refractivity contribution in [2.24, 2.45) is 0 Å². The van der Waals surface area contributed by atoms with E-state index in [4.69, 9.17) is 0 Å². The first kappa shape index (κ1) is 18.0. The second kappa shape index (κ2) is 9.09. The number of anilines is 1. The lowest BCUT2D eigenvalue weighted by Gasteiger charge is -2.16. The molecule has 0 unspecified atom stereocenters. The molecular formula is C15H20N2O4S. The number of amides is 2. The number of esters is 1. The van der Waals surface area contributed by atoms with E-state index < -0.39 is 0 Å². The molecule has 1 N–H and O–H groups in total. The Bertz CT molecular complexity index is 531. The average molecular weight is 324 g/mol. The van der Waals surface area contributed by atoms with Gasteiger partial charge in [0.05, 0.1) is 25.2 Å². The summed E-state index contributed by atoms with van der Waals surface area (Å²) < 4.78 is 4.48. The number of nitrogens with zero attached hydrogens (tertiary/aromatic N) is 1. The summed E-state index contributed by atoms with van der Waals surface area (Å²) in [6, 6.07) is 7.41. The van der Waals surface area contributed by atoms with Gasteiger partial charge >= 0.3 is 5.97 Å². The van der Waals surface area contributed by atoms with Crippen LogP contribution in [0.15, 0.2) is 24.3 Å². The summed E-state index contributed by atoms with van der Waals surface area (Å²) in [7, 11) is 2.85. The minimum absolute atomic E-state index is 0.0362. The van der Waals surface area contributed by atoms with Crippen molar-refractivity contribution in [2.75, 3.05) is 37.5 Å². The summed E-state index contributed by atoms with van der Waals surface area (Å²) in [4.78, 5) is 35.9. The Labute approximate surface area is 134 Å². The van der Waals surface area contributed by atoms with E-state index in [9.17, 15) is 14.4 Å². The first-order valence-corrected chi connectivity index (χ1v) is 7.83. The van der Waals surface area contributed by atoms with Gasteiger partial charge in [0.2, 0.25) is 11.8 Å². The highest BCUT2D eigenvalue weighted by molar-refractivity contribution is 8.00. The third-order valence-corrected chi connectivity index (χ3v) is 3.71. The molecule has 0 aromatic heterocycles. The van der Waals surface area contributed by atoms with Crippen LogP contribution in [-0.2, 0) is 19.1 Å². The maximum Gasteiger partial charge on any atom is 0.315 e. The summed E-state index contributed by atoms with van der Waals surface area (Å²) in [5.74, 6) is -0.613. The minimum atomic E-state index is -0.377. The molecule has 0 bridgehead atoms. The summed E-state index contributed by atoms with van der Waals surface area (Å²) in [5, 5.41) is 2.72. The molecule has 120 valence electrons. The van der Waals surface area contributed by atoms with E-state index in [0.717, 1.165) is 17.3 Å². The monoisotopic (exact) mass is 324 g/mol. The first-order chi connectivity index (χ1) is 10.4. The number of carbonyl (C=O) groups excluding carboxylic acids is 3. The second-order valence-corrected chi connectivity index (χ2v) is 5.72. The minimum Gasteiger partial charge on any atom is -0.468 e. The number of thioether (sulfide) groups is 1. The number of benzene rings is 1. The van der Waals surface area contributed by atoms with Crippen molar-refractivity contribution >= 4 is 35.2 Å². The topological polar surface area (TPSA) is 75.7 Å². The number of aryl methyl sites for hydroxylation is 1. The van der Waals surface area contributed by atoms with Crippen LogP contribution in [0.5, 0.6) is 0 Å². The van der Waals surface area contributed by atoms with Crippen LogP contribution >= 0.6 is 11.8 Å². The van der Waals surface area contributed by atoms with Crippen molar-refractivity contribution in [1.29, 1.82) is 0 Å². The quantitative estimate of drug-likeness (QED) is 0.765. The molecule has 0 radical (unpaired) electrons. The predicted molar refractivity (Wildman–Crippen MR) is 86.8 cm³/mol. The van der Waals surface area contributed by atoms with Crippen molar-refractivity contribution in [3.63, 3.8) is 0 Å². The van der Waals surface area contributed by atoms with Crippen molar-refractivity contribution in [3.8, 4) is 0 Å². The molecule has 2 amide bonds. The molecule has 22 heavy (non-hydrogen) atoms. The third kappa shape index (κ3) is 6.62. The van der Waals surface area contributed by atoms with Crippen LogP contribution < -0.4 is 5.32 Å². The zero-order valence-electron chi connectivity index (χ0n) is 12.9. The van der Waals surface area contributed by atoms with Gasteiger partial charge in [-0.1, -0.05) is 17.7 Å². The van der Waals surface area contributed by atoms with Gasteiger partial charge in [-0.2, -0.15) is 0 Å². The van der Waals surface area contributed by atoms with Gasteiger partial charge in [0, 0.05) is 12.7 Å². The molecule has 0 spiro atoms. The molecule has 1 aromatic rings. The van der Waals surface area contributed by atoms with Crippen molar-refractivity contribution < 1.29 is 19.1 Å². The van der Waals surface area contributed by atoms with Crippen LogP contribution in [0.1, 0.15) is 5.56 Å². The highest BCUT2D eigenvalue weighted by atomic mass is 32.2. The summed E-state index contributed by atoms with van der Waals surface area (Å²) >= 11 is 1.16. The molecule has 7 heteroatoms. The van der Waals surface area contributed by atoms with E-state index in [1.165, 1.54) is 12.0 Å². The normalized spacial score (nSPS) is 9.95. The Morgan fingerprint density at radius 1 is 1.18 bits per heavy atom. The highest BCUT2D eigenvalue weighted by Gasteiger charge is 2.14. The second-order valence-electron chi connectivity index (χ2n) is 4.73. The van der Waals surface area contributed by atoms with E-state index in [-0.39, 0.29) is 35.8 Å². The third-order valence-electron chi connectivity index (χ3n) is 2.81. The number of carbonyl (C=O) groups is 3. The summed E-state index contributed by atoms with van der Waals surface area (Å²) in [5.41, 5.74) is 1.80. The van der Waals surface area contributed by atoms with Crippen LogP contribution in [-0.4, -0.2) is 54.9 Å². The SMILES string of the molecule is COC(=O)CSCC(=O)N(C)CC(=O)Nc1ccc(C)cc1. The largest absolute Gasteiger partial charge is 0.468 e. The fourth-order valence-corrected chi connectivity index (χ4v) is 2.31. The fraction of sp³-hybridized carbons (Fsp3) is 0.400. The first-order valence-electron chi connectivity index (χ1n) is 6.67. The number of hydrogen-bond donors (Lipinski definition) is 1. The van der Waals surface area contributed by atoms with Gasteiger partial charge in [-0.15, -0.1) is 11.8 Å². The zero-order chi connectivity index (χ0) is 16.5. The Morgan fingerprint density at radius 3 is 2.41 bits per heavy atom. The summed E-state index contributed by atoms with van der Waals surface area (Å²) in [6.07, 6.45) is 0. The zero-order valence-corrected chi connectivity index (χ0v) is 13.7. The number of likely N-dealkylation sites (N-methyl/N-ethyl adjacent to an activating group) is 1. The number of hydrogen-bond acceptors (Lipinski definition) is 5. The fourth-order valence-electron chi connectivity index (χ4n) is 1.53. The molecule has 0 aliphatic carbocycles. The average Bonchev–Trinajstić information content (AvgIpc) is 2.49. The van der Waals surface area contributed by atoms with Gasteiger partial charge in [0.25, 0.3) is 0 Å². The molecule has 1 rings (SSSR count). The van der Waals surface area contributed by atoms with Crippen LogP contribution in [0.4, 0.5) is 5.69 Å². The lowest BCUT2D eigenvalue weighted by Crippen LogP contribution is -2.36. The predicted octanol–water partition coefficient (Wildman–Crippen LogP) is 1.30. The maximum absolute atomic E-state index is 11.9. The lowest BCUT2D eigenvalue weighted by molar-refractivity contribution is -0.137. The molecule has 0 fully saturated rings. The van der Waals surface area contributed by atoms with E-state index in [0.29, 0.717) is 5.69 Å². The van der Waals surface area contributed by atoms with Crippen molar-refractivity contribution in [2.45, 2.75) is 6.92 Å². The van der Waals surface area contributed by atoms with E-state index in [1.54, 1.807) is 19.2 Å². The smallest absolute Gasteiger partial charge is 0.315 e. The number of rotatable bonds is 7. The number of nitrogens with one attached hydrogen (secondary N) is 1. The molecular weight excluding hydrogens is 304 g/mol. The molecule has 0 aliphatic heterocycles. The van der Waals surface area contributed by atoms with Crippen LogP contribution in [0.2, 0.25) is 0 Å². The molecule has 0 heterocycles. The summed E-state index contributed by atoms with van der Waals surface area (Å²) in [6.45, 7) is 1.93. The van der Waals surface area contributed by atoms with Gasteiger partial charge in [0.15, 0.2) is 0 Å². The van der Waals surface area contributed by atoms with E-state index in [2.05, 4.69) is 10.1 Å². The van der Waals surface area contributed by atoms with Crippen LogP contribution in [0.3, 0.4) is 0 Å². The molecule has 0 atom stereocenters. The van der Waals surface area contributed by atoms with Gasteiger partial charge in [-0.05, 0) is 19.1 Å². The highest BCUT2D eigenvalue weighted by Crippen LogP contribution is 2.08. The number of methoxy groups -OCH3 is 1. The van der Waals surface area contributed by atoms with Crippen molar-refractivity contribution in [3.05, 3.63) is 29.8 Å². The van der Waals surface area contributed by atoms with Gasteiger partial charge in [0.1, 0.15) is 0 Å². The molecule has 0 aliphatic rings. The van der Waals surface area contributed by atoms with Crippen LogP contribution in [0.25, 0.3) is 0 Å². The van der Waals surface area contributed by atoms with Gasteiger partial charge in [-0.25, -0.2) is 0 Å². The molecule has 0 saturated carbocycles. The lowest BCUT2D eigenvalue weighted by atomic mass is 10.2. The van der Waals surface area contributed by atoms with E-state index in [1.807, 2.05) is 19.1 Å². The maximum atomic E-state index is 11.9. The molecule has 1 aromatic carbocycles. The Kier molecular flexibility index (Phi) is 7.45. The molecule has 0 saturated heterocycles. The Hall–Kier alpha value is -2.02. The standard InChI is InChI=1S/C15H20N2O4S/c1-11-4-6-12(7-5-11)16-13(18)8-17(2)14(19)9-22-10-15(20)21-3/h4-7H,8-10H2,1-3H3,(H,16,18). The van der Waals surface area contributed by atoms with Gasteiger partial charge in [-0.3, -0.25) is 14.4 Å².